The molecule has 5 aromatic rings. The van der Waals surface area contributed by atoms with Crippen LogP contribution in [0.2, 0.25) is 0 Å². The van der Waals surface area contributed by atoms with Crippen molar-refractivity contribution in [3.05, 3.63) is 108 Å². The normalized spacial score (nSPS) is 11.3. The predicted molar refractivity (Wildman–Crippen MR) is 156 cm³/mol. The van der Waals surface area contributed by atoms with Crippen LogP contribution in [0.15, 0.2) is 85.3 Å². The first-order valence-corrected chi connectivity index (χ1v) is 12.8. The van der Waals surface area contributed by atoms with E-state index in [1.165, 1.54) is 0 Å². The highest BCUT2D eigenvalue weighted by Crippen LogP contribution is 2.28. The molecule has 0 atom stereocenters. The zero-order valence-electron chi connectivity index (χ0n) is 22.7. The maximum Gasteiger partial charge on any atom is 0.255 e. The van der Waals surface area contributed by atoms with Crippen LogP contribution in [0.3, 0.4) is 0 Å². The zero-order chi connectivity index (χ0) is 28.4. The van der Waals surface area contributed by atoms with Crippen LogP contribution in [-0.4, -0.2) is 38.3 Å². The summed E-state index contributed by atoms with van der Waals surface area (Å²) in [4.78, 5) is 34.3. The van der Waals surface area contributed by atoms with E-state index >= 15 is 0 Å². The van der Waals surface area contributed by atoms with Crippen molar-refractivity contribution >= 4 is 34.7 Å². The number of imidazole rings is 1. The first kappa shape index (κ1) is 26.6. The Morgan fingerprint density at radius 2 is 1.62 bits per heavy atom. The monoisotopic (exact) mass is 534 g/mol. The summed E-state index contributed by atoms with van der Waals surface area (Å²) >= 11 is 0. The number of anilines is 3. The number of fused-ring (bicyclic) bond motifs is 1. The number of carbonyl (C=O) groups is 2. The highest BCUT2D eigenvalue weighted by atomic mass is 16.3. The van der Waals surface area contributed by atoms with Gasteiger partial charge in [-0.3, -0.25) is 9.59 Å². The van der Waals surface area contributed by atoms with Gasteiger partial charge in [-0.25, -0.2) is 9.97 Å². The van der Waals surface area contributed by atoms with Crippen LogP contribution in [0.4, 0.5) is 17.2 Å². The molecular formula is C31H30N6O3. The van der Waals surface area contributed by atoms with Crippen molar-refractivity contribution in [1.82, 2.24) is 19.7 Å². The van der Waals surface area contributed by atoms with Crippen molar-refractivity contribution in [3.63, 3.8) is 0 Å². The van der Waals surface area contributed by atoms with E-state index in [1.54, 1.807) is 51.4 Å². The van der Waals surface area contributed by atoms with Gasteiger partial charge in [-0.2, -0.15) is 0 Å². The second-order valence-electron chi connectivity index (χ2n) is 10.0. The van der Waals surface area contributed by atoms with Gasteiger partial charge in [-0.15, -0.1) is 0 Å². The lowest BCUT2D eigenvalue weighted by Gasteiger charge is -2.18. The molecule has 0 aliphatic carbocycles. The number of benzene rings is 3. The van der Waals surface area contributed by atoms with Gasteiger partial charge in [0.15, 0.2) is 11.5 Å². The van der Waals surface area contributed by atoms with Gasteiger partial charge in [0.25, 0.3) is 11.8 Å². The summed E-state index contributed by atoms with van der Waals surface area (Å²) in [5.41, 5.74) is 5.17. The number of aromatic nitrogens is 3. The molecule has 0 saturated heterocycles. The molecule has 9 heteroatoms. The molecule has 0 radical (unpaired) electrons. The Labute approximate surface area is 231 Å². The van der Waals surface area contributed by atoms with Crippen molar-refractivity contribution < 1.29 is 14.7 Å². The number of amides is 2. The standard InChI is InChI=1S/C31H30N6O3/c1-19-5-6-21(17-25(19)30(39)35-24-11-7-20(8-12-24)29(38)32-4)26-18-37-16-15-33-28(37)27(36-26)34-23-13-9-22(10-14-23)31(2,3)40/h5-18,40H,1-4H3,(H,32,38)(H,34,36)(H,35,39). The SMILES string of the molecule is CNC(=O)c1ccc(NC(=O)c2cc(-c3cn4ccnc4c(Nc4ccc(C(C)(C)O)cc4)n3)ccc2C)cc1. The minimum absolute atomic E-state index is 0.191. The second kappa shape index (κ2) is 10.6. The third kappa shape index (κ3) is 5.55. The molecule has 0 saturated carbocycles. The summed E-state index contributed by atoms with van der Waals surface area (Å²) in [6, 6.07) is 19.9. The van der Waals surface area contributed by atoms with Crippen molar-refractivity contribution in [2.75, 3.05) is 17.7 Å². The summed E-state index contributed by atoms with van der Waals surface area (Å²) in [6.45, 7) is 5.37. The van der Waals surface area contributed by atoms with E-state index in [4.69, 9.17) is 4.98 Å². The minimum Gasteiger partial charge on any atom is -0.386 e. The minimum atomic E-state index is -0.933. The fourth-order valence-corrected chi connectivity index (χ4v) is 4.33. The molecule has 0 aliphatic heterocycles. The Morgan fingerprint density at radius 3 is 2.30 bits per heavy atom. The number of rotatable bonds is 7. The number of aliphatic hydroxyl groups is 1. The number of hydrogen-bond donors (Lipinski definition) is 4. The Morgan fingerprint density at radius 1 is 0.925 bits per heavy atom. The number of nitrogens with zero attached hydrogens (tertiary/aromatic N) is 3. The van der Waals surface area contributed by atoms with Gasteiger partial charge in [0.05, 0.1) is 11.3 Å². The van der Waals surface area contributed by atoms with Gasteiger partial charge in [-0.05, 0) is 74.4 Å². The summed E-state index contributed by atoms with van der Waals surface area (Å²) in [6.07, 6.45) is 5.41. The first-order valence-electron chi connectivity index (χ1n) is 12.8. The fraction of sp³-hybridized carbons (Fsp3) is 0.161. The van der Waals surface area contributed by atoms with Gasteiger partial charge in [0, 0.05) is 53.7 Å². The summed E-state index contributed by atoms with van der Waals surface area (Å²) in [5, 5.41) is 19.1. The predicted octanol–water partition coefficient (Wildman–Crippen LogP) is 5.29. The molecule has 3 aromatic carbocycles. The average Bonchev–Trinajstić information content (AvgIpc) is 3.42. The fourth-order valence-electron chi connectivity index (χ4n) is 4.33. The smallest absolute Gasteiger partial charge is 0.255 e. The Kier molecular flexibility index (Phi) is 7.06. The molecule has 0 aliphatic rings. The van der Waals surface area contributed by atoms with Crippen molar-refractivity contribution in [1.29, 1.82) is 0 Å². The highest BCUT2D eigenvalue weighted by molar-refractivity contribution is 6.06. The van der Waals surface area contributed by atoms with Crippen molar-refractivity contribution in [2.24, 2.45) is 0 Å². The van der Waals surface area contributed by atoms with Gasteiger partial charge >= 0.3 is 0 Å². The van der Waals surface area contributed by atoms with Crippen molar-refractivity contribution in [3.8, 4) is 11.3 Å². The van der Waals surface area contributed by atoms with Crippen LogP contribution in [-0.2, 0) is 5.60 Å². The molecule has 0 fully saturated rings. The van der Waals surface area contributed by atoms with Crippen molar-refractivity contribution in [2.45, 2.75) is 26.4 Å². The van der Waals surface area contributed by atoms with E-state index in [1.807, 2.05) is 66.2 Å². The quantitative estimate of drug-likeness (QED) is 0.225. The van der Waals surface area contributed by atoms with Gasteiger partial charge in [0.2, 0.25) is 0 Å². The molecule has 4 N–H and O–H groups in total. The molecule has 0 unspecified atom stereocenters. The zero-order valence-corrected chi connectivity index (χ0v) is 22.7. The number of nitrogens with one attached hydrogen (secondary N) is 3. The molecule has 5 rings (SSSR count). The molecule has 0 spiro atoms. The molecule has 9 nitrogen and oxygen atoms in total. The van der Waals surface area contributed by atoms with Crippen LogP contribution in [0, 0.1) is 6.92 Å². The molecule has 2 heterocycles. The van der Waals surface area contributed by atoms with Gasteiger partial charge in [0.1, 0.15) is 0 Å². The average molecular weight is 535 g/mol. The lowest BCUT2D eigenvalue weighted by Crippen LogP contribution is -2.18. The highest BCUT2D eigenvalue weighted by Gasteiger charge is 2.17. The van der Waals surface area contributed by atoms with E-state index in [-0.39, 0.29) is 11.8 Å². The Balaban J connectivity index is 1.43. The lowest BCUT2D eigenvalue weighted by molar-refractivity contribution is 0.0786. The summed E-state index contributed by atoms with van der Waals surface area (Å²) < 4.78 is 1.88. The number of carbonyl (C=O) groups excluding carboxylic acids is 2. The summed E-state index contributed by atoms with van der Waals surface area (Å²) in [5.74, 6) is 0.103. The molecular weight excluding hydrogens is 504 g/mol. The molecule has 0 bridgehead atoms. The van der Waals surface area contributed by atoms with E-state index < -0.39 is 5.60 Å². The van der Waals surface area contributed by atoms with E-state index in [0.717, 1.165) is 22.4 Å². The lowest BCUT2D eigenvalue weighted by atomic mass is 9.98. The maximum absolute atomic E-state index is 13.2. The van der Waals surface area contributed by atoms with Crippen LogP contribution in [0.5, 0.6) is 0 Å². The van der Waals surface area contributed by atoms with E-state index in [2.05, 4.69) is 20.9 Å². The van der Waals surface area contributed by atoms with E-state index in [0.29, 0.717) is 34.0 Å². The molecule has 2 aromatic heterocycles. The number of aryl methyl sites for hydroxylation is 1. The largest absolute Gasteiger partial charge is 0.386 e. The maximum atomic E-state index is 13.2. The molecule has 2 amide bonds. The second-order valence-corrected chi connectivity index (χ2v) is 10.0. The first-order chi connectivity index (χ1) is 19.1. The Bertz CT molecular complexity index is 1700. The number of hydrogen-bond acceptors (Lipinski definition) is 6. The van der Waals surface area contributed by atoms with Gasteiger partial charge in [-0.1, -0.05) is 24.3 Å². The third-order valence-corrected chi connectivity index (χ3v) is 6.64. The molecule has 202 valence electrons. The van der Waals surface area contributed by atoms with E-state index in [9.17, 15) is 14.7 Å². The Hall–Kier alpha value is -5.02. The van der Waals surface area contributed by atoms with Gasteiger partial charge < -0.3 is 25.5 Å². The topological polar surface area (TPSA) is 121 Å². The van der Waals surface area contributed by atoms with Crippen LogP contribution >= 0.6 is 0 Å². The molecule has 40 heavy (non-hydrogen) atoms. The van der Waals surface area contributed by atoms with Crippen LogP contribution < -0.4 is 16.0 Å². The summed E-state index contributed by atoms with van der Waals surface area (Å²) in [7, 11) is 1.57. The van der Waals surface area contributed by atoms with Crippen LogP contribution in [0.1, 0.15) is 45.7 Å². The van der Waals surface area contributed by atoms with Crippen LogP contribution in [0.25, 0.3) is 16.9 Å². The third-order valence-electron chi connectivity index (χ3n) is 6.64.